The summed E-state index contributed by atoms with van der Waals surface area (Å²) in [5, 5.41) is 49.8. The minimum absolute atomic E-state index is 0.104. The summed E-state index contributed by atoms with van der Waals surface area (Å²) >= 11 is 0. The van der Waals surface area contributed by atoms with E-state index < -0.39 is 0 Å². The molecule has 0 amide bonds. The fraction of sp³-hybridized carbons (Fsp3) is 0.442. The molecule has 0 unspecified atom stereocenters. The van der Waals surface area contributed by atoms with Gasteiger partial charge in [-0.1, -0.05) is 70.8 Å². The summed E-state index contributed by atoms with van der Waals surface area (Å²) < 4.78 is 0. The van der Waals surface area contributed by atoms with Crippen molar-refractivity contribution in [3.05, 3.63) is 117 Å². The molecule has 10 nitrogen and oxygen atoms in total. The van der Waals surface area contributed by atoms with E-state index in [1.807, 2.05) is 97.2 Å². The van der Waals surface area contributed by atoms with Gasteiger partial charge in [-0.25, -0.2) is 0 Å². The Kier molecular flexibility index (Phi) is 22.1. The standard InChI is InChI=1S/C13H22N2O.C12H20N2O.C10H15NO.C8H10O2/c1-11-5-6-13(16)12(9-11)10-15(4)8-7-14(2)3;1-10-4-5-12(15)11(8-10)9-13-6-7-14(2)3;1-8-4-5-10(12)9(6-8)7-11(2)3;1-6-2-3-8(10)7(4-6)5-9/h5-6,9,16H,7-8,10H2,1-4H3;4-5,8,13,15H,6-7,9H2,1-3H3;4-6,12H,7H2,1-3H3;2-4,9-10H,5H2,1H3. The molecule has 0 spiro atoms. The number of likely N-dealkylation sites (N-methyl/N-ethyl adjacent to an activating group) is 3. The maximum atomic E-state index is 9.72. The van der Waals surface area contributed by atoms with Crippen molar-refractivity contribution in [2.45, 2.75) is 53.9 Å². The van der Waals surface area contributed by atoms with E-state index in [2.05, 4.69) is 41.2 Å². The van der Waals surface area contributed by atoms with Crippen LogP contribution in [0.15, 0.2) is 72.8 Å². The molecule has 0 fully saturated rings. The fourth-order valence-electron chi connectivity index (χ4n) is 4.99. The van der Waals surface area contributed by atoms with Crippen LogP contribution in [0.5, 0.6) is 23.0 Å². The maximum absolute atomic E-state index is 9.72. The molecule has 0 saturated carbocycles. The van der Waals surface area contributed by atoms with Crippen molar-refractivity contribution in [3.8, 4) is 23.0 Å². The quantitative estimate of drug-likeness (QED) is 0.0912. The molecule has 0 saturated heterocycles. The van der Waals surface area contributed by atoms with Gasteiger partial charge in [-0.2, -0.15) is 0 Å². The van der Waals surface area contributed by atoms with Crippen molar-refractivity contribution < 1.29 is 25.5 Å². The second kappa shape index (κ2) is 25.0. The number of hydrogen-bond acceptors (Lipinski definition) is 10. The highest BCUT2D eigenvalue weighted by Gasteiger charge is 2.06. The van der Waals surface area contributed by atoms with Crippen LogP contribution in [0.1, 0.15) is 44.5 Å². The molecule has 0 aliphatic rings. The molecule has 0 aliphatic heterocycles. The second-order valence-electron chi connectivity index (χ2n) is 14.4. The van der Waals surface area contributed by atoms with Gasteiger partial charge in [0, 0.05) is 68.1 Å². The van der Waals surface area contributed by atoms with Crippen molar-refractivity contribution in [2.75, 3.05) is 75.5 Å². The molecule has 0 heterocycles. The molecule has 0 atom stereocenters. The van der Waals surface area contributed by atoms with Gasteiger partial charge in [0.05, 0.1) is 6.61 Å². The van der Waals surface area contributed by atoms with E-state index in [-0.39, 0.29) is 12.4 Å². The number of aromatic hydroxyl groups is 4. The Morgan fingerprint density at radius 1 is 0.453 bits per heavy atom. The third-order valence-electron chi connectivity index (χ3n) is 8.02. The minimum Gasteiger partial charge on any atom is -0.508 e. The van der Waals surface area contributed by atoms with Crippen molar-refractivity contribution in [3.63, 3.8) is 0 Å². The van der Waals surface area contributed by atoms with Crippen molar-refractivity contribution in [1.29, 1.82) is 0 Å². The average molecular weight is 734 g/mol. The van der Waals surface area contributed by atoms with Crippen LogP contribution in [0.2, 0.25) is 0 Å². The van der Waals surface area contributed by atoms with Crippen LogP contribution >= 0.6 is 0 Å². The lowest BCUT2D eigenvalue weighted by Gasteiger charge is -2.20. The first-order valence-corrected chi connectivity index (χ1v) is 18.0. The van der Waals surface area contributed by atoms with Crippen LogP contribution in [0, 0.1) is 27.7 Å². The largest absolute Gasteiger partial charge is 0.508 e. The van der Waals surface area contributed by atoms with E-state index in [0.717, 1.165) is 68.1 Å². The van der Waals surface area contributed by atoms with E-state index in [1.54, 1.807) is 36.4 Å². The van der Waals surface area contributed by atoms with Gasteiger partial charge < -0.3 is 50.4 Å². The number of aliphatic hydroxyl groups is 1. The van der Waals surface area contributed by atoms with Gasteiger partial charge in [0.1, 0.15) is 23.0 Å². The zero-order valence-electron chi connectivity index (χ0n) is 34.1. The van der Waals surface area contributed by atoms with E-state index in [0.29, 0.717) is 22.8 Å². The molecule has 0 aliphatic carbocycles. The zero-order valence-corrected chi connectivity index (χ0v) is 34.1. The van der Waals surface area contributed by atoms with Gasteiger partial charge in [0.15, 0.2) is 0 Å². The lowest BCUT2D eigenvalue weighted by atomic mass is 10.1. The number of phenols is 4. The van der Waals surface area contributed by atoms with Gasteiger partial charge >= 0.3 is 0 Å². The van der Waals surface area contributed by atoms with Crippen LogP contribution in [-0.2, 0) is 26.2 Å². The highest BCUT2D eigenvalue weighted by atomic mass is 16.3. The number of benzene rings is 4. The molecule has 53 heavy (non-hydrogen) atoms. The topological polar surface area (TPSA) is 126 Å². The molecule has 4 rings (SSSR count). The summed E-state index contributed by atoms with van der Waals surface area (Å²) in [6.45, 7) is 14.2. The predicted molar refractivity (Wildman–Crippen MR) is 220 cm³/mol. The summed E-state index contributed by atoms with van der Waals surface area (Å²) in [4.78, 5) is 8.54. The fourth-order valence-corrected chi connectivity index (χ4v) is 4.99. The van der Waals surface area contributed by atoms with E-state index in [9.17, 15) is 15.3 Å². The minimum atomic E-state index is -0.104. The zero-order chi connectivity index (χ0) is 40.1. The third kappa shape index (κ3) is 20.6. The van der Waals surface area contributed by atoms with Gasteiger partial charge in [0.25, 0.3) is 0 Å². The number of rotatable bonds is 13. The third-order valence-corrected chi connectivity index (χ3v) is 8.02. The Hall–Kier alpha value is -4.16. The maximum Gasteiger partial charge on any atom is 0.121 e. The summed E-state index contributed by atoms with van der Waals surface area (Å²) in [6.07, 6.45) is 0. The molecule has 294 valence electrons. The predicted octanol–water partition coefficient (Wildman–Crippen LogP) is 6.00. The van der Waals surface area contributed by atoms with E-state index in [1.165, 1.54) is 16.7 Å². The monoisotopic (exact) mass is 734 g/mol. The first-order chi connectivity index (χ1) is 24.9. The lowest BCUT2D eigenvalue weighted by molar-refractivity contribution is 0.273. The first-order valence-electron chi connectivity index (χ1n) is 18.0. The Bertz CT molecular complexity index is 1630. The van der Waals surface area contributed by atoms with Gasteiger partial charge in [-0.15, -0.1) is 0 Å². The number of aliphatic hydroxyl groups excluding tert-OH is 1. The Morgan fingerprint density at radius 3 is 1.23 bits per heavy atom. The molecule has 4 aromatic carbocycles. The van der Waals surface area contributed by atoms with Crippen molar-refractivity contribution in [1.82, 2.24) is 24.9 Å². The first kappa shape index (κ1) is 46.9. The normalized spacial score (nSPS) is 10.8. The molecular weight excluding hydrogens is 667 g/mol. The highest BCUT2D eigenvalue weighted by molar-refractivity contribution is 5.37. The van der Waals surface area contributed by atoms with E-state index >= 15 is 0 Å². The second-order valence-corrected chi connectivity index (χ2v) is 14.4. The van der Waals surface area contributed by atoms with Crippen LogP contribution in [0.3, 0.4) is 0 Å². The molecule has 6 N–H and O–H groups in total. The van der Waals surface area contributed by atoms with Crippen molar-refractivity contribution >= 4 is 0 Å². The highest BCUT2D eigenvalue weighted by Crippen LogP contribution is 2.21. The molecule has 0 aromatic heterocycles. The van der Waals surface area contributed by atoms with Crippen LogP contribution in [0.4, 0.5) is 0 Å². The number of hydrogen-bond donors (Lipinski definition) is 6. The number of phenolic OH excluding ortho intramolecular Hbond substituents is 3. The number of aryl methyl sites for hydroxylation is 4. The molecular formula is C43H67N5O5. The summed E-state index contributed by atoms with van der Waals surface area (Å²) in [6, 6.07) is 22.2. The van der Waals surface area contributed by atoms with Gasteiger partial charge in [-0.05, 0) is 101 Å². The van der Waals surface area contributed by atoms with E-state index in [4.69, 9.17) is 10.2 Å². The Balaban J connectivity index is 0.000000358. The molecule has 4 aromatic rings. The molecule has 0 radical (unpaired) electrons. The molecule has 0 bridgehead atoms. The van der Waals surface area contributed by atoms with Crippen LogP contribution in [0.25, 0.3) is 0 Å². The lowest BCUT2D eigenvalue weighted by Crippen LogP contribution is -2.28. The SMILES string of the molecule is Cc1ccc(O)c(CN(C)C)c1.Cc1ccc(O)c(CN(C)CCN(C)C)c1.Cc1ccc(O)c(CNCCN(C)C)c1.Cc1ccc(O)c(CO)c1. The number of nitrogens with zero attached hydrogens (tertiary/aromatic N) is 4. The average Bonchev–Trinajstić information content (AvgIpc) is 3.08. The van der Waals surface area contributed by atoms with Gasteiger partial charge in [0.2, 0.25) is 0 Å². The smallest absolute Gasteiger partial charge is 0.121 e. The summed E-state index contributed by atoms with van der Waals surface area (Å²) in [7, 11) is 14.3. The Labute approximate surface area is 319 Å². The summed E-state index contributed by atoms with van der Waals surface area (Å²) in [5.41, 5.74) is 8.13. The summed E-state index contributed by atoms with van der Waals surface area (Å²) in [5.74, 6) is 1.31. The van der Waals surface area contributed by atoms with Crippen LogP contribution in [-0.4, -0.2) is 121 Å². The Morgan fingerprint density at radius 2 is 0.830 bits per heavy atom. The van der Waals surface area contributed by atoms with Crippen LogP contribution < -0.4 is 5.32 Å². The van der Waals surface area contributed by atoms with Gasteiger partial charge in [-0.3, -0.25) is 0 Å². The number of nitrogens with one attached hydrogen (secondary N) is 1. The molecule has 10 heteroatoms. The van der Waals surface area contributed by atoms with Crippen molar-refractivity contribution in [2.24, 2.45) is 0 Å².